The Kier molecular flexibility index (Phi) is 5.74. The van der Waals surface area contributed by atoms with E-state index in [0.29, 0.717) is 19.4 Å². The van der Waals surface area contributed by atoms with Gasteiger partial charge in [0.1, 0.15) is 12.5 Å². The number of halogens is 1. The monoisotopic (exact) mass is 381 g/mol. The lowest BCUT2D eigenvalue weighted by molar-refractivity contribution is -0.128. The number of alkyl halides is 1. The quantitative estimate of drug-likeness (QED) is 0.756. The van der Waals surface area contributed by atoms with E-state index in [1.54, 1.807) is 0 Å². The molecule has 27 heavy (non-hydrogen) atoms. The molecule has 6 nitrogen and oxygen atoms in total. The minimum Gasteiger partial charge on any atom is -0.354 e. The maximum Gasteiger partial charge on any atom is 0.224 e. The number of carbonyl (C=O) groups excluding carboxylic acids is 1. The average molecular weight is 382 g/mol. The molecule has 4 rings (SSSR count). The Labute approximate surface area is 162 Å². The third kappa shape index (κ3) is 3.88. The van der Waals surface area contributed by atoms with Crippen LogP contribution < -0.4 is 10.6 Å². The van der Waals surface area contributed by atoms with Crippen LogP contribution in [0.25, 0.3) is 0 Å². The van der Waals surface area contributed by atoms with Crippen LogP contribution in [0.1, 0.15) is 39.0 Å². The smallest absolute Gasteiger partial charge is 0.224 e. The van der Waals surface area contributed by atoms with E-state index in [-0.39, 0.29) is 36.2 Å². The van der Waals surface area contributed by atoms with Crippen LogP contribution in [0.15, 0.2) is 0 Å². The Hall–Kier alpha value is -0.760. The van der Waals surface area contributed by atoms with E-state index >= 15 is 0 Å². The molecule has 1 amide bonds. The van der Waals surface area contributed by atoms with Gasteiger partial charge < -0.3 is 10.2 Å². The van der Waals surface area contributed by atoms with E-state index < -0.39 is 6.17 Å². The van der Waals surface area contributed by atoms with E-state index in [1.165, 1.54) is 19.3 Å². The molecule has 3 saturated heterocycles. The number of rotatable bonds is 4. The first kappa shape index (κ1) is 19.6. The number of piperidine rings is 1. The molecule has 1 aliphatic carbocycles. The van der Waals surface area contributed by atoms with Gasteiger partial charge in [0.15, 0.2) is 0 Å². The molecule has 3 heterocycles. The molecule has 4 fully saturated rings. The number of carbonyl (C=O) groups is 1. The SMILES string of the molecule is C[C@H]1CNC(=O)C2CC(F)CC3NC(N4CCC(CCN(C)C)CC4)N1C32. The Bertz CT molecular complexity index is 538. The molecule has 7 heteroatoms. The number of likely N-dealkylation sites (tertiary alicyclic amines) is 1. The summed E-state index contributed by atoms with van der Waals surface area (Å²) in [6.45, 7) is 6.19. The van der Waals surface area contributed by atoms with Crippen LogP contribution in [0, 0.1) is 11.8 Å². The number of nitrogens with one attached hydrogen (secondary N) is 2. The summed E-state index contributed by atoms with van der Waals surface area (Å²) < 4.78 is 14.3. The average Bonchev–Trinajstić information content (AvgIpc) is 2.97. The van der Waals surface area contributed by atoms with Crippen LogP contribution in [-0.2, 0) is 4.79 Å². The van der Waals surface area contributed by atoms with E-state index in [4.69, 9.17) is 0 Å². The largest absolute Gasteiger partial charge is 0.354 e. The fourth-order valence-corrected chi connectivity index (χ4v) is 5.73. The first-order valence-electron chi connectivity index (χ1n) is 10.8. The van der Waals surface area contributed by atoms with Gasteiger partial charge >= 0.3 is 0 Å². The maximum absolute atomic E-state index is 14.3. The third-order valence-corrected chi connectivity index (χ3v) is 7.23. The zero-order valence-corrected chi connectivity index (χ0v) is 17.0. The lowest BCUT2D eigenvalue weighted by Gasteiger charge is -2.43. The number of amides is 1. The van der Waals surface area contributed by atoms with Gasteiger partial charge in [-0.1, -0.05) is 0 Å². The number of hydrogen-bond acceptors (Lipinski definition) is 5. The predicted octanol–water partition coefficient (Wildman–Crippen LogP) is 0.843. The van der Waals surface area contributed by atoms with Crippen LogP contribution in [-0.4, -0.2) is 91.5 Å². The van der Waals surface area contributed by atoms with Gasteiger partial charge in [-0.05, 0) is 65.6 Å². The molecule has 1 saturated carbocycles. The van der Waals surface area contributed by atoms with Gasteiger partial charge in [0.25, 0.3) is 0 Å². The highest BCUT2D eigenvalue weighted by Gasteiger charge is 2.55. The maximum atomic E-state index is 14.3. The summed E-state index contributed by atoms with van der Waals surface area (Å²) in [5, 5.41) is 6.79. The molecule has 154 valence electrons. The van der Waals surface area contributed by atoms with Crippen molar-refractivity contribution in [3.63, 3.8) is 0 Å². The van der Waals surface area contributed by atoms with Gasteiger partial charge in [0, 0.05) is 37.8 Å². The minimum atomic E-state index is -0.875. The summed E-state index contributed by atoms with van der Waals surface area (Å²) in [5.74, 6) is 0.630. The molecule has 0 bridgehead atoms. The normalized spacial score (nSPS) is 41.4. The molecule has 2 N–H and O–H groups in total. The van der Waals surface area contributed by atoms with Crippen LogP contribution in [0.5, 0.6) is 0 Å². The second kappa shape index (κ2) is 7.93. The Morgan fingerprint density at radius 2 is 1.96 bits per heavy atom. The lowest BCUT2D eigenvalue weighted by atomic mass is 9.80. The van der Waals surface area contributed by atoms with Crippen molar-refractivity contribution >= 4 is 5.91 Å². The fraction of sp³-hybridized carbons (Fsp3) is 0.950. The molecule has 3 aliphatic heterocycles. The molecule has 0 aromatic rings. The molecule has 0 aromatic carbocycles. The van der Waals surface area contributed by atoms with Gasteiger partial charge in [-0.2, -0.15) is 0 Å². The third-order valence-electron chi connectivity index (χ3n) is 7.23. The van der Waals surface area contributed by atoms with Crippen LogP contribution in [0.2, 0.25) is 0 Å². The Morgan fingerprint density at radius 1 is 1.22 bits per heavy atom. The zero-order valence-electron chi connectivity index (χ0n) is 17.0. The van der Waals surface area contributed by atoms with E-state index in [0.717, 1.165) is 25.6 Å². The number of nitrogens with zero attached hydrogens (tertiary/aromatic N) is 3. The highest BCUT2D eigenvalue weighted by molar-refractivity contribution is 5.80. The van der Waals surface area contributed by atoms with Crippen molar-refractivity contribution in [1.82, 2.24) is 25.3 Å². The van der Waals surface area contributed by atoms with Gasteiger partial charge in [-0.25, -0.2) is 4.39 Å². The van der Waals surface area contributed by atoms with Gasteiger partial charge in [-0.3, -0.25) is 19.9 Å². The summed E-state index contributed by atoms with van der Waals surface area (Å²) in [5.41, 5.74) is 0. The lowest BCUT2D eigenvalue weighted by Crippen LogP contribution is -2.57. The zero-order chi connectivity index (χ0) is 19.1. The first-order valence-corrected chi connectivity index (χ1v) is 10.8. The summed E-state index contributed by atoms with van der Waals surface area (Å²) in [6.07, 6.45) is 3.91. The summed E-state index contributed by atoms with van der Waals surface area (Å²) in [6, 6.07) is 0.488. The molecule has 0 spiro atoms. The molecule has 5 unspecified atom stereocenters. The van der Waals surface area contributed by atoms with Crippen molar-refractivity contribution in [3.8, 4) is 0 Å². The number of hydrogen-bond donors (Lipinski definition) is 2. The van der Waals surface area contributed by atoms with Crippen molar-refractivity contribution in [2.24, 2.45) is 11.8 Å². The molecule has 6 atom stereocenters. The summed E-state index contributed by atoms with van der Waals surface area (Å²) in [4.78, 5) is 19.9. The highest BCUT2D eigenvalue weighted by atomic mass is 19.1. The molecule has 4 aliphatic rings. The Morgan fingerprint density at radius 3 is 2.67 bits per heavy atom. The van der Waals surface area contributed by atoms with Crippen molar-refractivity contribution in [2.75, 3.05) is 40.3 Å². The van der Waals surface area contributed by atoms with Crippen LogP contribution in [0.4, 0.5) is 4.39 Å². The fourth-order valence-electron chi connectivity index (χ4n) is 5.73. The van der Waals surface area contributed by atoms with Gasteiger partial charge in [-0.15, -0.1) is 0 Å². The van der Waals surface area contributed by atoms with Gasteiger partial charge in [0.05, 0.1) is 5.92 Å². The van der Waals surface area contributed by atoms with E-state index in [9.17, 15) is 9.18 Å². The van der Waals surface area contributed by atoms with Crippen molar-refractivity contribution in [1.29, 1.82) is 0 Å². The van der Waals surface area contributed by atoms with Gasteiger partial charge in [0.2, 0.25) is 5.91 Å². The Balaban J connectivity index is 1.45. The standard InChI is InChI=1S/C20H36FN5O/c1-13-12-22-19(27)16-10-15(21)11-17-18(16)26(13)20(23-17)25-8-5-14(6-9-25)4-7-24(2)3/h13-18,20,23H,4-12H2,1-3H3,(H,22,27)/t13-,15?,16?,17?,18?,20?/m0/s1. The van der Waals surface area contributed by atoms with Crippen LogP contribution in [0.3, 0.4) is 0 Å². The first-order chi connectivity index (χ1) is 12.9. The van der Waals surface area contributed by atoms with Crippen molar-refractivity contribution < 1.29 is 9.18 Å². The topological polar surface area (TPSA) is 50.9 Å². The highest BCUT2D eigenvalue weighted by Crippen LogP contribution is 2.39. The van der Waals surface area contributed by atoms with E-state index in [2.05, 4.69) is 46.4 Å². The summed E-state index contributed by atoms with van der Waals surface area (Å²) in [7, 11) is 4.29. The molecular weight excluding hydrogens is 345 g/mol. The predicted molar refractivity (Wildman–Crippen MR) is 104 cm³/mol. The molecule has 0 aromatic heterocycles. The van der Waals surface area contributed by atoms with Crippen molar-refractivity contribution in [2.45, 2.75) is 69.6 Å². The molecule has 0 radical (unpaired) electrons. The van der Waals surface area contributed by atoms with E-state index in [1.807, 2.05) is 0 Å². The second-order valence-corrected chi connectivity index (χ2v) is 9.43. The second-order valence-electron chi connectivity index (χ2n) is 9.43. The minimum absolute atomic E-state index is 0.0477. The summed E-state index contributed by atoms with van der Waals surface area (Å²) >= 11 is 0. The van der Waals surface area contributed by atoms with Crippen LogP contribution >= 0.6 is 0 Å². The van der Waals surface area contributed by atoms with Crippen molar-refractivity contribution in [3.05, 3.63) is 0 Å². The molecular formula is C20H36FN5O.